The molecule has 1 amide bonds. The van der Waals surface area contributed by atoms with Crippen molar-refractivity contribution in [1.82, 2.24) is 14.5 Å². The number of nitrogens with zero attached hydrogens (tertiary/aromatic N) is 3. The SMILES string of the molecule is Cc1ccc(C(=O)N(C[C@H](F)CN)C(c2nc3sccc3c(=O)n2Cc2ccccc2)C(C)C)cc1. The first-order valence-electron chi connectivity index (χ1n) is 12.0. The Bertz CT molecular complexity index is 1380. The van der Waals surface area contributed by atoms with Gasteiger partial charge in [-0.2, -0.15) is 0 Å². The highest BCUT2D eigenvalue weighted by molar-refractivity contribution is 7.16. The predicted octanol–water partition coefficient (Wildman–Crippen LogP) is 4.95. The molecule has 188 valence electrons. The minimum atomic E-state index is -1.42. The topological polar surface area (TPSA) is 81.2 Å². The van der Waals surface area contributed by atoms with Crippen molar-refractivity contribution < 1.29 is 9.18 Å². The molecule has 0 saturated carbocycles. The summed E-state index contributed by atoms with van der Waals surface area (Å²) in [7, 11) is 0. The summed E-state index contributed by atoms with van der Waals surface area (Å²) in [6.45, 7) is 5.73. The summed E-state index contributed by atoms with van der Waals surface area (Å²) < 4.78 is 16.4. The lowest BCUT2D eigenvalue weighted by atomic mass is 9.98. The molecule has 8 heteroatoms. The van der Waals surface area contributed by atoms with Crippen LogP contribution >= 0.6 is 11.3 Å². The molecule has 6 nitrogen and oxygen atoms in total. The highest BCUT2D eigenvalue weighted by Crippen LogP contribution is 2.31. The van der Waals surface area contributed by atoms with Crippen molar-refractivity contribution in [2.75, 3.05) is 13.1 Å². The third kappa shape index (κ3) is 5.39. The highest BCUT2D eigenvalue weighted by atomic mass is 32.1. The first-order chi connectivity index (χ1) is 17.3. The average molecular weight is 507 g/mol. The number of alkyl halides is 1. The van der Waals surface area contributed by atoms with Crippen molar-refractivity contribution >= 4 is 27.5 Å². The number of aryl methyl sites for hydroxylation is 1. The van der Waals surface area contributed by atoms with E-state index in [-0.39, 0.29) is 30.5 Å². The molecule has 2 aromatic carbocycles. The second-order valence-corrected chi connectivity index (χ2v) is 10.2. The molecule has 0 bridgehead atoms. The van der Waals surface area contributed by atoms with Gasteiger partial charge in [0, 0.05) is 12.1 Å². The molecule has 0 fully saturated rings. The molecule has 36 heavy (non-hydrogen) atoms. The fourth-order valence-electron chi connectivity index (χ4n) is 4.38. The van der Waals surface area contributed by atoms with E-state index in [0.29, 0.717) is 28.1 Å². The van der Waals surface area contributed by atoms with Gasteiger partial charge in [0.05, 0.1) is 24.5 Å². The van der Waals surface area contributed by atoms with Gasteiger partial charge in [-0.3, -0.25) is 14.2 Å². The molecule has 4 rings (SSSR count). The zero-order valence-corrected chi connectivity index (χ0v) is 21.5. The summed E-state index contributed by atoms with van der Waals surface area (Å²) in [6, 6.07) is 17.9. The molecule has 2 aromatic heterocycles. The Labute approximate surface area is 214 Å². The lowest BCUT2D eigenvalue weighted by molar-refractivity contribution is 0.0534. The first-order valence-corrected chi connectivity index (χ1v) is 12.9. The van der Waals surface area contributed by atoms with Gasteiger partial charge in [-0.15, -0.1) is 11.3 Å². The van der Waals surface area contributed by atoms with Crippen LogP contribution in [0.4, 0.5) is 4.39 Å². The molecule has 4 aromatic rings. The number of amides is 1. The largest absolute Gasteiger partial charge is 0.328 e. The molecule has 2 heterocycles. The zero-order valence-electron chi connectivity index (χ0n) is 20.7. The fourth-order valence-corrected chi connectivity index (χ4v) is 5.14. The summed E-state index contributed by atoms with van der Waals surface area (Å²) in [4.78, 5) is 34.4. The summed E-state index contributed by atoms with van der Waals surface area (Å²) in [5.74, 6) is -0.0363. The summed E-state index contributed by atoms with van der Waals surface area (Å²) in [5, 5.41) is 2.37. The maximum Gasteiger partial charge on any atom is 0.262 e. The Balaban J connectivity index is 1.90. The van der Waals surface area contributed by atoms with Crippen molar-refractivity contribution in [2.24, 2.45) is 11.7 Å². The molecule has 0 aliphatic heterocycles. The number of halogens is 1. The highest BCUT2D eigenvalue weighted by Gasteiger charge is 2.34. The Hall–Kier alpha value is -3.36. The molecule has 2 N–H and O–H groups in total. The van der Waals surface area contributed by atoms with Crippen LogP contribution in [0.1, 0.15) is 47.2 Å². The van der Waals surface area contributed by atoms with E-state index in [1.807, 2.05) is 68.6 Å². The van der Waals surface area contributed by atoms with E-state index >= 15 is 0 Å². The minimum Gasteiger partial charge on any atom is -0.328 e. The smallest absolute Gasteiger partial charge is 0.262 e. The van der Waals surface area contributed by atoms with E-state index in [1.54, 1.807) is 22.8 Å². The van der Waals surface area contributed by atoms with Crippen LogP contribution in [0.15, 0.2) is 70.8 Å². The van der Waals surface area contributed by atoms with E-state index in [0.717, 1.165) is 11.1 Å². The Morgan fingerprint density at radius 1 is 1.11 bits per heavy atom. The Morgan fingerprint density at radius 3 is 2.44 bits per heavy atom. The van der Waals surface area contributed by atoms with Crippen LogP contribution in [0, 0.1) is 12.8 Å². The van der Waals surface area contributed by atoms with Gasteiger partial charge in [0.25, 0.3) is 11.5 Å². The Kier molecular flexibility index (Phi) is 7.96. The maximum absolute atomic E-state index is 14.8. The number of benzene rings is 2. The molecule has 0 aliphatic carbocycles. The lowest BCUT2D eigenvalue weighted by Gasteiger charge is -2.36. The standard InChI is InChI=1S/C28H31FN4O2S/c1-18(2)24(32(17-22(29)15-30)27(34)21-11-9-19(3)10-12-21)25-31-26-23(13-14-36-26)28(35)33(25)16-20-7-5-4-6-8-20/h4-14,18,22,24H,15-17,30H2,1-3H3/t22-,24?/m1/s1. The second-order valence-electron chi connectivity index (χ2n) is 9.33. The number of hydrogen-bond donors (Lipinski definition) is 1. The fraction of sp³-hybridized carbons (Fsp3) is 0.321. The molecule has 0 saturated heterocycles. The van der Waals surface area contributed by atoms with Crippen LogP contribution in [-0.4, -0.2) is 39.6 Å². The summed E-state index contributed by atoms with van der Waals surface area (Å²) >= 11 is 1.37. The number of carbonyl (C=O) groups is 1. The second kappa shape index (κ2) is 11.1. The Morgan fingerprint density at radius 2 is 1.81 bits per heavy atom. The van der Waals surface area contributed by atoms with E-state index in [9.17, 15) is 14.0 Å². The predicted molar refractivity (Wildman–Crippen MR) is 143 cm³/mol. The molecule has 2 atom stereocenters. The van der Waals surface area contributed by atoms with Gasteiger partial charge in [-0.25, -0.2) is 9.37 Å². The molecule has 0 aliphatic rings. The van der Waals surface area contributed by atoms with Gasteiger partial charge in [-0.05, 0) is 42.0 Å². The molecule has 0 spiro atoms. The van der Waals surface area contributed by atoms with Crippen molar-refractivity contribution in [1.29, 1.82) is 0 Å². The average Bonchev–Trinajstić information content (AvgIpc) is 3.35. The van der Waals surface area contributed by atoms with E-state index in [2.05, 4.69) is 0 Å². The first kappa shape index (κ1) is 25.7. The summed E-state index contributed by atoms with van der Waals surface area (Å²) in [6.07, 6.45) is -1.42. The van der Waals surface area contributed by atoms with Crippen LogP contribution in [0.3, 0.4) is 0 Å². The van der Waals surface area contributed by atoms with Crippen LogP contribution in [0.5, 0.6) is 0 Å². The number of rotatable bonds is 9. The van der Waals surface area contributed by atoms with Gasteiger partial charge in [-0.1, -0.05) is 61.9 Å². The number of aromatic nitrogens is 2. The number of carbonyl (C=O) groups excluding carboxylic acids is 1. The van der Waals surface area contributed by atoms with Gasteiger partial charge in [0.2, 0.25) is 0 Å². The van der Waals surface area contributed by atoms with Crippen LogP contribution < -0.4 is 11.3 Å². The van der Waals surface area contributed by atoms with Gasteiger partial charge in [0.15, 0.2) is 0 Å². The van der Waals surface area contributed by atoms with E-state index in [1.165, 1.54) is 16.2 Å². The molecular weight excluding hydrogens is 475 g/mol. The molecule has 0 radical (unpaired) electrons. The molecule has 1 unspecified atom stereocenters. The normalized spacial score (nSPS) is 13.2. The van der Waals surface area contributed by atoms with E-state index in [4.69, 9.17) is 10.7 Å². The maximum atomic E-state index is 14.8. The lowest BCUT2D eigenvalue weighted by Crippen LogP contribution is -2.45. The number of thiophene rings is 1. The van der Waals surface area contributed by atoms with E-state index < -0.39 is 12.2 Å². The zero-order chi connectivity index (χ0) is 25.8. The van der Waals surface area contributed by atoms with Crippen LogP contribution in [0.2, 0.25) is 0 Å². The number of hydrogen-bond acceptors (Lipinski definition) is 5. The molecular formula is C28H31FN4O2S. The minimum absolute atomic E-state index is 0.157. The van der Waals surface area contributed by atoms with Crippen LogP contribution in [-0.2, 0) is 6.54 Å². The van der Waals surface area contributed by atoms with Gasteiger partial charge < -0.3 is 10.6 Å². The quantitative estimate of drug-likeness (QED) is 0.348. The number of nitrogens with two attached hydrogens (primary N) is 1. The number of fused-ring (bicyclic) bond motifs is 1. The van der Waals surface area contributed by atoms with Crippen molar-refractivity contribution in [3.8, 4) is 0 Å². The van der Waals surface area contributed by atoms with Gasteiger partial charge in [0.1, 0.15) is 16.8 Å². The third-order valence-corrected chi connectivity index (χ3v) is 7.04. The van der Waals surface area contributed by atoms with Crippen molar-refractivity contribution in [3.63, 3.8) is 0 Å². The van der Waals surface area contributed by atoms with Gasteiger partial charge >= 0.3 is 0 Å². The third-order valence-electron chi connectivity index (χ3n) is 6.24. The summed E-state index contributed by atoms with van der Waals surface area (Å²) in [5.41, 5.74) is 7.85. The van der Waals surface area contributed by atoms with Crippen molar-refractivity contribution in [3.05, 3.63) is 98.9 Å². The monoisotopic (exact) mass is 506 g/mol. The van der Waals surface area contributed by atoms with Crippen molar-refractivity contribution in [2.45, 2.75) is 39.5 Å². The van der Waals surface area contributed by atoms with Crippen LogP contribution in [0.25, 0.3) is 10.2 Å².